The highest BCUT2D eigenvalue weighted by Gasteiger charge is 2.59. The molecule has 1 aromatic heterocycles. The van der Waals surface area contributed by atoms with Gasteiger partial charge in [0, 0.05) is 51.0 Å². The lowest BCUT2D eigenvalue weighted by atomic mass is 9.79. The topological polar surface area (TPSA) is 79.8 Å². The number of aromatic nitrogens is 2. The summed E-state index contributed by atoms with van der Waals surface area (Å²) in [6, 6.07) is 8.62. The third kappa shape index (κ3) is 5.67. The van der Waals surface area contributed by atoms with Gasteiger partial charge in [-0.1, -0.05) is 12.1 Å². The zero-order valence-electron chi connectivity index (χ0n) is 22.8. The molecule has 3 aromatic rings. The molecule has 0 atom stereocenters. The van der Waals surface area contributed by atoms with Crippen LogP contribution >= 0.6 is 0 Å². The van der Waals surface area contributed by atoms with Crippen molar-refractivity contribution >= 4 is 17.5 Å². The van der Waals surface area contributed by atoms with Gasteiger partial charge in [0.15, 0.2) is 11.3 Å². The number of piperidine rings is 1. The number of morpholine rings is 1. The second-order valence-electron chi connectivity index (χ2n) is 10.8. The number of halogens is 6. The molecule has 2 saturated heterocycles. The first-order valence-corrected chi connectivity index (χ1v) is 13.7. The summed E-state index contributed by atoms with van der Waals surface area (Å²) in [5, 5.41) is 2.56. The highest BCUT2D eigenvalue weighted by Crippen LogP contribution is 2.49. The van der Waals surface area contributed by atoms with Gasteiger partial charge in [0.05, 0.1) is 31.3 Å². The number of amides is 2. The zero-order valence-corrected chi connectivity index (χ0v) is 22.8. The summed E-state index contributed by atoms with van der Waals surface area (Å²) in [7, 11) is 0. The summed E-state index contributed by atoms with van der Waals surface area (Å²) < 4.78 is 95.9. The molecule has 2 aromatic carbocycles. The standard InChI is InChI=1S/C29H27F6N5O3/c30-21-14-19(1-3-22(21)38-26(41)40-9-11-42-12-10-40)18-2-4-23-20(13-18)15-28(31,32)27(43-23)5-7-39(8-6-27)25-17-36-24(16-37-25)29(33,34)35/h1-4,13-14,16-17H,5-12,15H2,(H,38,41). The van der Waals surface area contributed by atoms with Crippen molar-refractivity contribution in [1.29, 1.82) is 0 Å². The summed E-state index contributed by atoms with van der Waals surface area (Å²) in [6.07, 6.45) is -3.75. The first kappa shape index (κ1) is 29.0. The SMILES string of the molecule is O=C(Nc1ccc(-c2ccc3c(c2)CC(F)(F)C2(CCN(c4cnc(C(F)(F)F)cn4)CC2)O3)cc1F)N1CCOCC1. The molecule has 3 aliphatic heterocycles. The van der Waals surface area contributed by atoms with Gasteiger partial charge in [-0.2, -0.15) is 13.2 Å². The molecule has 4 heterocycles. The number of fused-ring (bicyclic) bond motifs is 1. The van der Waals surface area contributed by atoms with Gasteiger partial charge in [-0.05, 0) is 35.4 Å². The molecular formula is C29H27F6N5O3. The van der Waals surface area contributed by atoms with Crippen LogP contribution in [0.5, 0.6) is 5.75 Å². The van der Waals surface area contributed by atoms with Crippen molar-refractivity contribution in [2.75, 3.05) is 49.6 Å². The van der Waals surface area contributed by atoms with Crippen LogP contribution in [-0.4, -0.2) is 71.8 Å². The van der Waals surface area contributed by atoms with Crippen molar-refractivity contribution in [3.63, 3.8) is 0 Å². The Labute approximate surface area is 242 Å². The lowest BCUT2D eigenvalue weighted by molar-refractivity contribution is -0.185. The molecule has 0 aliphatic carbocycles. The lowest BCUT2D eigenvalue weighted by Crippen LogP contribution is -2.61. The molecule has 0 saturated carbocycles. The molecule has 8 nitrogen and oxygen atoms in total. The molecule has 0 bridgehead atoms. The Kier molecular flexibility index (Phi) is 7.35. The fourth-order valence-electron chi connectivity index (χ4n) is 5.63. The van der Waals surface area contributed by atoms with E-state index < -0.39 is 41.7 Å². The van der Waals surface area contributed by atoms with Crippen molar-refractivity contribution < 1.29 is 40.6 Å². The summed E-state index contributed by atoms with van der Waals surface area (Å²) >= 11 is 0. The quantitative estimate of drug-likeness (QED) is 0.381. The fourth-order valence-corrected chi connectivity index (χ4v) is 5.63. The molecule has 0 unspecified atom stereocenters. The van der Waals surface area contributed by atoms with E-state index in [0.29, 0.717) is 49.4 Å². The Morgan fingerprint density at radius 1 is 0.930 bits per heavy atom. The summed E-state index contributed by atoms with van der Waals surface area (Å²) in [4.78, 5) is 22.8. The Morgan fingerprint density at radius 2 is 1.63 bits per heavy atom. The minimum Gasteiger partial charge on any atom is -0.481 e. The number of nitrogens with one attached hydrogen (secondary N) is 1. The van der Waals surface area contributed by atoms with Crippen LogP contribution in [0.2, 0.25) is 0 Å². The number of benzene rings is 2. The van der Waals surface area contributed by atoms with Gasteiger partial charge in [0.2, 0.25) is 0 Å². The van der Waals surface area contributed by atoms with E-state index in [4.69, 9.17) is 9.47 Å². The third-order valence-corrected chi connectivity index (χ3v) is 8.11. The minimum atomic E-state index is -4.62. The van der Waals surface area contributed by atoms with E-state index in [1.54, 1.807) is 29.2 Å². The van der Waals surface area contributed by atoms with Crippen LogP contribution in [-0.2, 0) is 17.3 Å². The second kappa shape index (κ2) is 10.9. The van der Waals surface area contributed by atoms with Crippen LogP contribution in [0, 0.1) is 5.82 Å². The van der Waals surface area contributed by atoms with E-state index in [1.165, 1.54) is 17.0 Å². The van der Waals surface area contributed by atoms with Crippen LogP contribution in [0.25, 0.3) is 11.1 Å². The first-order chi connectivity index (χ1) is 20.4. The normalized spacial score (nSPS) is 19.5. The molecule has 0 radical (unpaired) electrons. The van der Waals surface area contributed by atoms with Crippen LogP contribution in [0.1, 0.15) is 24.1 Å². The van der Waals surface area contributed by atoms with E-state index >= 15 is 8.78 Å². The van der Waals surface area contributed by atoms with Crippen molar-refractivity contribution in [2.45, 2.75) is 37.0 Å². The molecule has 228 valence electrons. The van der Waals surface area contributed by atoms with E-state index in [-0.39, 0.29) is 43.0 Å². The van der Waals surface area contributed by atoms with E-state index in [0.717, 1.165) is 6.20 Å². The zero-order chi connectivity index (χ0) is 30.4. The van der Waals surface area contributed by atoms with Crippen LogP contribution in [0.15, 0.2) is 48.8 Å². The average Bonchev–Trinajstić information content (AvgIpc) is 2.99. The monoisotopic (exact) mass is 607 g/mol. The number of nitrogens with zero attached hydrogens (tertiary/aromatic N) is 4. The molecule has 14 heteroatoms. The van der Waals surface area contributed by atoms with Gasteiger partial charge in [0.1, 0.15) is 17.4 Å². The maximum absolute atomic E-state index is 15.7. The number of anilines is 2. The predicted molar refractivity (Wildman–Crippen MR) is 144 cm³/mol. The number of hydrogen-bond donors (Lipinski definition) is 1. The van der Waals surface area contributed by atoms with Crippen LogP contribution in [0.4, 0.5) is 42.6 Å². The first-order valence-electron chi connectivity index (χ1n) is 13.7. The number of rotatable bonds is 3. The van der Waals surface area contributed by atoms with Gasteiger partial charge in [-0.3, -0.25) is 0 Å². The van der Waals surface area contributed by atoms with Gasteiger partial charge in [-0.15, -0.1) is 0 Å². The smallest absolute Gasteiger partial charge is 0.434 e. The van der Waals surface area contributed by atoms with E-state index in [1.807, 2.05) is 0 Å². The number of carbonyl (C=O) groups is 1. The molecule has 3 aliphatic rings. The molecular weight excluding hydrogens is 580 g/mol. The molecule has 6 rings (SSSR count). The molecule has 2 fully saturated rings. The van der Waals surface area contributed by atoms with E-state index in [2.05, 4.69) is 15.3 Å². The Balaban J connectivity index is 1.15. The van der Waals surface area contributed by atoms with Crippen LogP contribution in [0.3, 0.4) is 0 Å². The minimum absolute atomic E-state index is 0.00336. The Hall–Kier alpha value is -4.07. The molecule has 43 heavy (non-hydrogen) atoms. The fraction of sp³-hybridized carbons (Fsp3) is 0.414. The van der Waals surface area contributed by atoms with Crippen molar-refractivity contribution in [1.82, 2.24) is 14.9 Å². The number of hydrogen-bond acceptors (Lipinski definition) is 6. The maximum Gasteiger partial charge on any atom is 0.434 e. The van der Waals surface area contributed by atoms with E-state index in [9.17, 15) is 22.4 Å². The highest BCUT2D eigenvalue weighted by molar-refractivity contribution is 5.90. The predicted octanol–water partition coefficient (Wildman–Crippen LogP) is 5.78. The number of ether oxygens (including phenoxy) is 2. The number of alkyl halides is 5. The van der Waals surface area contributed by atoms with Gasteiger partial charge in [-0.25, -0.2) is 27.9 Å². The Morgan fingerprint density at radius 3 is 2.28 bits per heavy atom. The summed E-state index contributed by atoms with van der Waals surface area (Å²) in [5.74, 6) is -3.44. The second-order valence-corrected chi connectivity index (χ2v) is 10.8. The largest absolute Gasteiger partial charge is 0.481 e. The van der Waals surface area contributed by atoms with Crippen molar-refractivity contribution in [3.05, 3.63) is 65.9 Å². The highest BCUT2D eigenvalue weighted by atomic mass is 19.4. The lowest BCUT2D eigenvalue weighted by Gasteiger charge is -2.48. The summed E-state index contributed by atoms with van der Waals surface area (Å²) in [5.41, 5.74) is -1.69. The number of carbonyl (C=O) groups excluding carboxylic acids is 1. The maximum atomic E-state index is 15.7. The van der Waals surface area contributed by atoms with Crippen molar-refractivity contribution in [3.8, 4) is 16.9 Å². The van der Waals surface area contributed by atoms with Crippen LogP contribution < -0.4 is 15.0 Å². The molecule has 2 amide bonds. The third-order valence-electron chi connectivity index (χ3n) is 8.11. The van der Waals surface area contributed by atoms with Gasteiger partial charge < -0.3 is 24.6 Å². The molecule has 1 N–H and O–H groups in total. The Bertz CT molecular complexity index is 1500. The van der Waals surface area contributed by atoms with Gasteiger partial charge in [0.25, 0.3) is 5.92 Å². The van der Waals surface area contributed by atoms with Gasteiger partial charge >= 0.3 is 12.2 Å². The average molecular weight is 608 g/mol. The summed E-state index contributed by atoms with van der Waals surface area (Å²) in [6.45, 7) is 1.82. The van der Waals surface area contributed by atoms with Crippen molar-refractivity contribution in [2.24, 2.45) is 0 Å². The molecule has 1 spiro atoms. The number of urea groups is 1.